The number of hydrogen-bond donors (Lipinski definition) is 2. The first kappa shape index (κ1) is 28.5. The third-order valence-electron chi connectivity index (χ3n) is 7.24. The first-order valence-corrected chi connectivity index (χ1v) is 13.3. The third kappa shape index (κ3) is 5.36. The van der Waals surface area contributed by atoms with Crippen molar-refractivity contribution >= 4 is 41.2 Å². The van der Waals surface area contributed by atoms with Crippen molar-refractivity contribution in [1.29, 1.82) is 0 Å². The molecule has 3 heterocycles. The number of fused-ring (bicyclic) bond motifs is 1. The van der Waals surface area contributed by atoms with E-state index in [-0.39, 0.29) is 42.6 Å². The van der Waals surface area contributed by atoms with Crippen LogP contribution in [0.15, 0.2) is 34.9 Å². The van der Waals surface area contributed by atoms with Crippen LogP contribution in [0.1, 0.15) is 25.8 Å². The van der Waals surface area contributed by atoms with Crippen LogP contribution in [0.5, 0.6) is 0 Å². The molecule has 2 fully saturated rings. The van der Waals surface area contributed by atoms with Gasteiger partial charge in [0, 0.05) is 35.9 Å². The first-order chi connectivity index (χ1) is 18.5. The fourth-order valence-electron chi connectivity index (χ4n) is 5.31. The molecule has 0 spiro atoms. The summed E-state index contributed by atoms with van der Waals surface area (Å²) in [6.45, 7) is 3.05. The number of thioether (sulfide) groups is 1. The lowest BCUT2D eigenvalue weighted by Crippen LogP contribution is -2.63. The number of ether oxygens (including phenoxy) is 2. The van der Waals surface area contributed by atoms with Gasteiger partial charge in [0.25, 0.3) is 5.69 Å². The number of aliphatic hydroxyl groups is 2. The molecule has 14 heteroatoms. The second-order valence-corrected chi connectivity index (χ2v) is 10.7. The van der Waals surface area contributed by atoms with Crippen LogP contribution < -0.4 is 0 Å². The van der Waals surface area contributed by atoms with E-state index >= 15 is 0 Å². The number of β-lactam (4-membered cyclic amide) rings is 1. The van der Waals surface area contributed by atoms with E-state index in [2.05, 4.69) is 0 Å². The van der Waals surface area contributed by atoms with Gasteiger partial charge in [0.1, 0.15) is 18.3 Å². The average molecular weight is 564 g/mol. The second-order valence-electron chi connectivity index (χ2n) is 9.73. The average Bonchev–Trinajstić information content (AvgIpc) is 3.40. The molecule has 0 aliphatic carbocycles. The summed E-state index contributed by atoms with van der Waals surface area (Å²) >= 11 is 1.04. The Morgan fingerprint density at radius 2 is 1.92 bits per heavy atom. The standard InChI is InChI=1S/C25H29N3O10S/c1-12-20-19(13(2)29)23(32)27(20)21(25(34)38-10-14-4-6-15(7-5-14)28(35)36)22(12)39-11-18(31)26-9-16(30)8-17(26)24(33)37-3/h4-7,12-13,16-17,19-20,29-30H,8-11H2,1-3H3/t12-,13-,16-,17+,19-,20-/m1/s1. The largest absolute Gasteiger partial charge is 0.467 e. The smallest absolute Gasteiger partial charge is 0.356 e. The summed E-state index contributed by atoms with van der Waals surface area (Å²) in [5.41, 5.74) is 0.374. The first-order valence-electron chi connectivity index (χ1n) is 12.3. The van der Waals surface area contributed by atoms with Gasteiger partial charge >= 0.3 is 11.9 Å². The number of nitrogens with zero attached hydrogens (tertiary/aromatic N) is 3. The maximum atomic E-state index is 13.2. The lowest BCUT2D eigenvalue weighted by Gasteiger charge is -2.46. The fourth-order valence-corrected chi connectivity index (χ4v) is 6.47. The molecule has 1 aromatic carbocycles. The summed E-state index contributed by atoms with van der Waals surface area (Å²) in [7, 11) is 1.20. The highest BCUT2D eigenvalue weighted by Gasteiger charge is 2.60. The zero-order valence-electron chi connectivity index (χ0n) is 21.5. The van der Waals surface area contributed by atoms with E-state index in [0.29, 0.717) is 10.5 Å². The number of nitro groups is 1. The van der Waals surface area contributed by atoms with Gasteiger partial charge in [-0.2, -0.15) is 0 Å². The zero-order chi connectivity index (χ0) is 28.6. The Morgan fingerprint density at radius 3 is 2.51 bits per heavy atom. The summed E-state index contributed by atoms with van der Waals surface area (Å²) in [5.74, 6) is -3.60. The lowest BCUT2D eigenvalue weighted by atomic mass is 9.79. The number of amides is 2. The van der Waals surface area contributed by atoms with E-state index < -0.39 is 58.9 Å². The van der Waals surface area contributed by atoms with Crippen LogP contribution in [-0.4, -0.2) is 92.4 Å². The molecule has 13 nitrogen and oxygen atoms in total. The Hall–Kier alpha value is -3.49. The number of hydrogen-bond acceptors (Lipinski definition) is 11. The highest BCUT2D eigenvalue weighted by molar-refractivity contribution is 8.03. The summed E-state index contributed by atoms with van der Waals surface area (Å²) < 4.78 is 10.2. The maximum absolute atomic E-state index is 13.2. The van der Waals surface area contributed by atoms with Gasteiger partial charge < -0.3 is 29.5 Å². The summed E-state index contributed by atoms with van der Waals surface area (Å²) in [4.78, 5) is 64.6. The number of aliphatic hydroxyl groups excluding tert-OH is 2. The molecule has 4 rings (SSSR count). The lowest BCUT2D eigenvalue weighted by molar-refractivity contribution is -0.384. The molecule has 210 valence electrons. The van der Waals surface area contributed by atoms with E-state index in [4.69, 9.17) is 9.47 Å². The molecule has 6 atom stereocenters. The number of esters is 2. The van der Waals surface area contributed by atoms with Crippen LogP contribution in [0.4, 0.5) is 5.69 Å². The van der Waals surface area contributed by atoms with E-state index in [1.54, 1.807) is 6.92 Å². The van der Waals surface area contributed by atoms with Gasteiger partial charge in [-0.15, -0.1) is 11.8 Å². The van der Waals surface area contributed by atoms with Gasteiger partial charge in [-0.1, -0.05) is 6.92 Å². The molecule has 3 aliphatic rings. The van der Waals surface area contributed by atoms with Crippen LogP contribution in [0, 0.1) is 22.0 Å². The number of nitro benzene ring substituents is 1. The molecule has 39 heavy (non-hydrogen) atoms. The number of β-amino-alcohol motifs (C(OH)–C–C–N with tert-alkyl or cyclic N) is 1. The van der Waals surface area contributed by atoms with Gasteiger partial charge in [0.2, 0.25) is 11.8 Å². The Bertz CT molecular complexity index is 1220. The maximum Gasteiger partial charge on any atom is 0.356 e. The van der Waals surface area contributed by atoms with Crippen molar-refractivity contribution in [3.63, 3.8) is 0 Å². The molecule has 0 unspecified atom stereocenters. The molecule has 3 aliphatic heterocycles. The van der Waals surface area contributed by atoms with Crippen LogP contribution in [-0.2, 0) is 35.3 Å². The molecule has 2 N–H and O–H groups in total. The molecule has 1 aromatic rings. The highest BCUT2D eigenvalue weighted by atomic mass is 32.2. The number of carbonyl (C=O) groups is 4. The van der Waals surface area contributed by atoms with Crippen molar-refractivity contribution in [2.75, 3.05) is 19.4 Å². The van der Waals surface area contributed by atoms with Crippen LogP contribution in [0.2, 0.25) is 0 Å². The predicted molar refractivity (Wildman–Crippen MR) is 135 cm³/mol. The van der Waals surface area contributed by atoms with Crippen LogP contribution >= 0.6 is 11.8 Å². The number of methoxy groups -OCH3 is 1. The van der Waals surface area contributed by atoms with E-state index in [1.807, 2.05) is 0 Å². The van der Waals surface area contributed by atoms with Crippen molar-refractivity contribution in [3.8, 4) is 0 Å². The predicted octanol–water partition coefficient (Wildman–Crippen LogP) is 0.575. The van der Waals surface area contributed by atoms with Crippen molar-refractivity contribution in [2.45, 2.75) is 51.2 Å². The molecule has 2 saturated heterocycles. The quantitative estimate of drug-likeness (QED) is 0.186. The Morgan fingerprint density at radius 1 is 1.26 bits per heavy atom. The summed E-state index contributed by atoms with van der Waals surface area (Å²) in [6, 6.07) is 4.07. The minimum Gasteiger partial charge on any atom is -0.467 e. The number of carbonyl (C=O) groups excluding carboxylic acids is 4. The van der Waals surface area contributed by atoms with Crippen molar-refractivity contribution in [1.82, 2.24) is 9.80 Å². The van der Waals surface area contributed by atoms with Gasteiger partial charge in [0.15, 0.2) is 0 Å². The van der Waals surface area contributed by atoms with Crippen molar-refractivity contribution < 1.29 is 43.8 Å². The number of non-ortho nitro benzene ring substituents is 1. The minimum absolute atomic E-state index is 0.0138. The summed E-state index contributed by atoms with van der Waals surface area (Å²) in [5, 5.41) is 31.0. The summed E-state index contributed by atoms with van der Waals surface area (Å²) in [6.07, 6.45) is -1.76. The molecule has 0 radical (unpaired) electrons. The van der Waals surface area contributed by atoms with E-state index in [9.17, 15) is 39.5 Å². The number of rotatable bonds is 9. The third-order valence-corrected chi connectivity index (χ3v) is 8.51. The SMILES string of the molecule is COC(=O)[C@@H]1C[C@@H](O)CN1C(=O)CSC1=C(C(=O)OCc2ccc([N+](=O)[O-])cc2)N2C(=O)[C@H]([C@@H](C)O)[C@H]2[C@H]1C. The van der Waals surface area contributed by atoms with Gasteiger partial charge in [-0.3, -0.25) is 19.7 Å². The molecule has 0 aromatic heterocycles. The molecule has 0 saturated carbocycles. The molecule has 0 bridgehead atoms. The normalized spacial score (nSPS) is 26.7. The minimum atomic E-state index is -0.948. The van der Waals surface area contributed by atoms with Gasteiger partial charge in [-0.25, -0.2) is 9.59 Å². The molecule has 2 amide bonds. The number of likely N-dealkylation sites (tertiary alicyclic amines) is 1. The van der Waals surface area contributed by atoms with Crippen LogP contribution in [0.25, 0.3) is 0 Å². The van der Waals surface area contributed by atoms with Crippen molar-refractivity contribution in [2.24, 2.45) is 11.8 Å². The highest BCUT2D eigenvalue weighted by Crippen LogP contribution is 2.50. The van der Waals surface area contributed by atoms with Crippen molar-refractivity contribution in [3.05, 3.63) is 50.5 Å². The Balaban J connectivity index is 1.53. The van der Waals surface area contributed by atoms with E-state index in [1.165, 1.54) is 48.1 Å². The number of benzene rings is 1. The topological polar surface area (TPSA) is 177 Å². The van der Waals surface area contributed by atoms with E-state index in [0.717, 1.165) is 11.8 Å². The van der Waals surface area contributed by atoms with Crippen LogP contribution in [0.3, 0.4) is 0 Å². The Labute approximate surface area is 227 Å². The second kappa shape index (κ2) is 11.3. The monoisotopic (exact) mass is 563 g/mol. The zero-order valence-corrected chi connectivity index (χ0v) is 22.3. The molecular weight excluding hydrogens is 534 g/mol. The molecular formula is C25H29N3O10S. The van der Waals surface area contributed by atoms with Gasteiger partial charge in [-0.05, 0) is 24.6 Å². The van der Waals surface area contributed by atoms with Gasteiger partial charge in [0.05, 0.1) is 42.0 Å². The fraction of sp³-hybridized carbons (Fsp3) is 0.520. The Kier molecular flexibility index (Phi) is 8.28.